The van der Waals surface area contributed by atoms with Crippen LogP contribution in [0.5, 0.6) is 0 Å². The molecule has 1 amide bonds. The second-order valence-corrected chi connectivity index (χ2v) is 6.63. The fourth-order valence-corrected chi connectivity index (χ4v) is 3.00. The van der Waals surface area contributed by atoms with E-state index in [2.05, 4.69) is 26.2 Å². The van der Waals surface area contributed by atoms with E-state index in [4.69, 9.17) is 16.0 Å². The van der Waals surface area contributed by atoms with Gasteiger partial charge in [-0.3, -0.25) is 4.79 Å². The molecule has 0 saturated carbocycles. The minimum absolute atomic E-state index is 0.128. The zero-order valence-corrected chi connectivity index (χ0v) is 14.3. The molecule has 7 heteroatoms. The molecule has 0 aliphatic carbocycles. The molecule has 0 radical (unpaired) electrons. The SMILES string of the molecule is O=C(CSc1nc2ccc(Cl)cc2o1)Nc1ccccc1Br. The second kappa shape index (κ2) is 6.73. The summed E-state index contributed by atoms with van der Waals surface area (Å²) >= 11 is 10.5. The number of rotatable bonds is 4. The molecule has 0 spiro atoms. The molecule has 1 N–H and O–H groups in total. The number of fused-ring (bicyclic) bond motifs is 1. The van der Waals surface area contributed by atoms with E-state index >= 15 is 0 Å². The van der Waals surface area contributed by atoms with Crippen LogP contribution < -0.4 is 5.32 Å². The lowest BCUT2D eigenvalue weighted by molar-refractivity contribution is -0.113. The number of oxazole rings is 1. The van der Waals surface area contributed by atoms with Crippen LogP contribution in [0.3, 0.4) is 0 Å². The van der Waals surface area contributed by atoms with Crippen LogP contribution in [0.25, 0.3) is 11.1 Å². The Morgan fingerprint density at radius 3 is 2.95 bits per heavy atom. The van der Waals surface area contributed by atoms with Gasteiger partial charge in [-0.25, -0.2) is 4.98 Å². The summed E-state index contributed by atoms with van der Waals surface area (Å²) in [5.74, 6) is 0.0826. The maximum atomic E-state index is 12.0. The van der Waals surface area contributed by atoms with Crippen LogP contribution in [-0.2, 0) is 4.79 Å². The molecule has 0 saturated heterocycles. The van der Waals surface area contributed by atoms with Crippen molar-refractivity contribution in [3.05, 3.63) is 52.0 Å². The number of para-hydroxylation sites is 1. The summed E-state index contributed by atoms with van der Waals surface area (Å²) in [5.41, 5.74) is 2.07. The number of carbonyl (C=O) groups is 1. The van der Waals surface area contributed by atoms with E-state index < -0.39 is 0 Å². The number of carbonyl (C=O) groups excluding carboxylic acids is 1. The number of benzene rings is 2. The standard InChI is InChI=1S/C15H10BrClN2O2S/c16-10-3-1-2-4-11(10)18-14(20)8-22-15-19-12-6-5-9(17)7-13(12)21-15/h1-7H,8H2,(H,18,20). The van der Waals surface area contributed by atoms with Crippen molar-refractivity contribution in [3.8, 4) is 0 Å². The number of hydrogen-bond acceptors (Lipinski definition) is 4. The zero-order chi connectivity index (χ0) is 15.5. The molecule has 0 aliphatic heterocycles. The van der Waals surface area contributed by atoms with Crippen LogP contribution in [0.15, 0.2) is 56.6 Å². The number of anilines is 1. The van der Waals surface area contributed by atoms with E-state index in [-0.39, 0.29) is 11.7 Å². The van der Waals surface area contributed by atoms with Crippen LogP contribution in [0.4, 0.5) is 5.69 Å². The molecule has 2 aromatic carbocycles. The van der Waals surface area contributed by atoms with E-state index in [9.17, 15) is 4.79 Å². The minimum atomic E-state index is -0.128. The Morgan fingerprint density at radius 1 is 1.32 bits per heavy atom. The molecule has 112 valence electrons. The van der Waals surface area contributed by atoms with Gasteiger partial charge < -0.3 is 9.73 Å². The molecule has 3 aromatic rings. The van der Waals surface area contributed by atoms with Crippen LogP contribution in [0, 0.1) is 0 Å². The number of nitrogens with zero attached hydrogens (tertiary/aromatic N) is 1. The van der Waals surface area contributed by atoms with Gasteiger partial charge in [-0.1, -0.05) is 35.5 Å². The highest BCUT2D eigenvalue weighted by molar-refractivity contribution is 9.10. The van der Waals surface area contributed by atoms with Crippen LogP contribution in [-0.4, -0.2) is 16.6 Å². The monoisotopic (exact) mass is 396 g/mol. The Morgan fingerprint density at radius 2 is 2.14 bits per heavy atom. The van der Waals surface area contributed by atoms with Crippen molar-refractivity contribution in [1.29, 1.82) is 0 Å². The molecule has 4 nitrogen and oxygen atoms in total. The van der Waals surface area contributed by atoms with E-state index in [0.29, 0.717) is 15.8 Å². The first-order valence-electron chi connectivity index (χ1n) is 6.35. The Balaban J connectivity index is 1.63. The third kappa shape index (κ3) is 3.63. The summed E-state index contributed by atoms with van der Waals surface area (Å²) in [6.45, 7) is 0. The molecule has 1 aromatic heterocycles. The van der Waals surface area contributed by atoms with Crippen molar-refractivity contribution in [1.82, 2.24) is 4.98 Å². The van der Waals surface area contributed by atoms with Gasteiger partial charge in [0.1, 0.15) is 5.52 Å². The van der Waals surface area contributed by atoms with Gasteiger partial charge in [0, 0.05) is 15.6 Å². The van der Waals surface area contributed by atoms with Gasteiger partial charge in [-0.05, 0) is 40.2 Å². The second-order valence-electron chi connectivity index (χ2n) is 4.41. The fraction of sp³-hybridized carbons (Fsp3) is 0.0667. The fourth-order valence-electron chi connectivity index (χ4n) is 1.82. The Kier molecular flexibility index (Phi) is 4.71. The lowest BCUT2D eigenvalue weighted by Crippen LogP contribution is -2.14. The molecule has 0 bridgehead atoms. The van der Waals surface area contributed by atoms with Crippen molar-refractivity contribution in [2.75, 3.05) is 11.1 Å². The first-order valence-corrected chi connectivity index (χ1v) is 8.51. The van der Waals surface area contributed by atoms with Gasteiger partial charge in [0.15, 0.2) is 5.58 Å². The normalized spacial score (nSPS) is 10.8. The summed E-state index contributed by atoms with van der Waals surface area (Å²) in [7, 11) is 0. The third-order valence-corrected chi connectivity index (χ3v) is 4.56. The molecule has 0 aliphatic rings. The summed E-state index contributed by atoms with van der Waals surface area (Å²) in [5, 5.41) is 3.86. The number of nitrogens with one attached hydrogen (secondary N) is 1. The summed E-state index contributed by atoms with van der Waals surface area (Å²) < 4.78 is 6.39. The van der Waals surface area contributed by atoms with Crippen LogP contribution in [0.2, 0.25) is 5.02 Å². The lowest BCUT2D eigenvalue weighted by Gasteiger charge is -2.05. The quantitative estimate of drug-likeness (QED) is 0.631. The molecule has 0 atom stereocenters. The number of aromatic nitrogens is 1. The van der Waals surface area contributed by atoms with E-state index in [1.807, 2.05) is 24.3 Å². The average molecular weight is 398 g/mol. The van der Waals surface area contributed by atoms with Crippen molar-refractivity contribution in [2.45, 2.75) is 5.22 Å². The zero-order valence-electron chi connectivity index (χ0n) is 11.2. The molecule has 22 heavy (non-hydrogen) atoms. The average Bonchev–Trinajstić information content (AvgIpc) is 2.89. The van der Waals surface area contributed by atoms with Crippen LogP contribution in [0.1, 0.15) is 0 Å². The topological polar surface area (TPSA) is 55.1 Å². The van der Waals surface area contributed by atoms with Gasteiger partial charge in [0.05, 0.1) is 11.4 Å². The first-order chi connectivity index (χ1) is 10.6. The number of halogens is 2. The molecule has 0 fully saturated rings. The predicted octanol–water partition coefficient (Wildman–Crippen LogP) is 4.97. The molecular formula is C15H10BrClN2O2S. The number of thioether (sulfide) groups is 1. The molecule has 0 unspecified atom stereocenters. The largest absolute Gasteiger partial charge is 0.431 e. The highest BCUT2D eigenvalue weighted by atomic mass is 79.9. The van der Waals surface area contributed by atoms with E-state index in [0.717, 1.165) is 15.7 Å². The number of amides is 1. The van der Waals surface area contributed by atoms with Gasteiger partial charge in [-0.2, -0.15) is 0 Å². The maximum Gasteiger partial charge on any atom is 0.257 e. The smallest absolute Gasteiger partial charge is 0.257 e. The highest BCUT2D eigenvalue weighted by Gasteiger charge is 2.10. The highest BCUT2D eigenvalue weighted by Crippen LogP contribution is 2.26. The van der Waals surface area contributed by atoms with Crippen molar-refractivity contribution in [3.63, 3.8) is 0 Å². The minimum Gasteiger partial charge on any atom is -0.431 e. The third-order valence-electron chi connectivity index (χ3n) is 2.81. The molecular weight excluding hydrogens is 388 g/mol. The first kappa shape index (κ1) is 15.4. The Labute approximate surface area is 144 Å². The lowest BCUT2D eigenvalue weighted by atomic mass is 10.3. The van der Waals surface area contributed by atoms with E-state index in [1.54, 1.807) is 18.2 Å². The van der Waals surface area contributed by atoms with Crippen molar-refractivity contribution < 1.29 is 9.21 Å². The van der Waals surface area contributed by atoms with Crippen molar-refractivity contribution in [2.24, 2.45) is 0 Å². The summed E-state index contributed by atoms with van der Waals surface area (Å²) in [4.78, 5) is 16.3. The van der Waals surface area contributed by atoms with Gasteiger partial charge >= 0.3 is 0 Å². The predicted molar refractivity (Wildman–Crippen MR) is 92.5 cm³/mol. The summed E-state index contributed by atoms with van der Waals surface area (Å²) in [6, 6.07) is 12.7. The molecule has 1 heterocycles. The van der Waals surface area contributed by atoms with Crippen LogP contribution >= 0.6 is 39.3 Å². The Hall–Kier alpha value is -1.50. The number of hydrogen-bond donors (Lipinski definition) is 1. The molecule has 3 rings (SSSR count). The summed E-state index contributed by atoms with van der Waals surface area (Å²) in [6.07, 6.45) is 0. The Bertz CT molecular complexity index is 837. The van der Waals surface area contributed by atoms with E-state index in [1.165, 1.54) is 11.8 Å². The van der Waals surface area contributed by atoms with Crippen molar-refractivity contribution >= 4 is 62.0 Å². The van der Waals surface area contributed by atoms with Gasteiger partial charge in [0.25, 0.3) is 5.22 Å². The maximum absolute atomic E-state index is 12.0. The van der Waals surface area contributed by atoms with Gasteiger partial charge in [-0.15, -0.1) is 0 Å². The van der Waals surface area contributed by atoms with Gasteiger partial charge in [0.2, 0.25) is 5.91 Å².